The van der Waals surface area contributed by atoms with E-state index >= 15 is 0 Å². The van der Waals surface area contributed by atoms with Crippen LogP contribution in [0.5, 0.6) is 0 Å². The van der Waals surface area contributed by atoms with Crippen molar-refractivity contribution in [1.29, 1.82) is 0 Å². The molecule has 0 amide bonds. The molecule has 0 saturated carbocycles. The SMILES string of the molecule is [2H]c1c([2H])c(-n2c3c([2H])c([2H])c([2H])c([2H])c3c3c([2H])[c]([Ge]([CH3])([CH3])[CH3])c([2H])c([2H])c32)c([2H])c2c1B1c3c(cc(C(C)(C)C)cc3N(c3c(-c4ccccc4)cc(C(C)(C)C)cc3-c3ccccc3)c3c([2H])c(-n4c5c([2H])c([2H])c([2H])c([2H])c5c5c([2H])[c]([Ge]([CH3])([CH3])[CH3])c([2H])c([2H])c54)c([2H])c([2H])c31)N2c1c(-c2ccccc2)cc(C(C)(C)C)cc1-c1ccccc1. The maximum atomic E-state index is 11.9. The number of aromatic nitrogens is 2. The van der Waals surface area contributed by atoms with Crippen molar-refractivity contribution in [2.75, 3.05) is 9.80 Å². The summed E-state index contributed by atoms with van der Waals surface area (Å²) in [4.78, 5) is 3.92. The normalized spacial score (nSPS) is 16.0. The number of hydrogen-bond acceptors (Lipinski definition) is 2. The van der Waals surface area contributed by atoms with E-state index in [0.717, 1.165) is 33.4 Å². The van der Waals surface area contributed by atoms with Gasteiger partial charge in [0.1, 0.15) is 0 Å². The van der Waals surface area contributed by atoms with Crippen molar-refractivity contribution < 1.29 is 27.4 Å². The molecule has 0 fully saturated rings. The van der Waals surface area contributed by atoms with Crippen LogP contribution in [0.2, 0.25) is 34.5 Å². The summed E-state index contributed by atoms with van der Waals surface area (Å²) in [5, 5.41) is -0.558. The first kappa shape index (κ1) is 47.5. The van der Waals surface area contributed by atoms with Gasteiger partial charge in [-0.3, -0.25) is 0 Å². The van der Waals surface area contributed by atoms with Gasteiger partial charge in [0.05, 0.1) is 0 Å². The summed E-state index contributed by atoms with van der Waals surface area (Å²) < 4.78 is 211. The van der Waals surface area contributed by atoms with Crippen LogP contribution in [0.4, 0.5) is 34.1 Å². The molecule has 0 atom stereocenters. The minimum absolute atomic E-state index is 0.0868. The Morgan fingerprint density at radius 3 is 0.951 bits per heavy atom. The van der Waals surface area contributed by atoms with E-state index in [-0.39, 0.29) is 98.9 Å². The van der Waals surface area contributed by atoms with Gasteiger partial charge in [-0.2, -0.15) is 0 Å². The molecule has 17 rings (SSSR count). The smallest absolute Gasteiger partial charge is 0.0622 e. The van der Waals surface area contributed by atoms with E-state index in [1.165, 1.54) is 9.13 Å². The third-order valence-corrected chi connectivity index (χ3v) is 27.8. The maximum absolute atomic E-state index is 11.9. The van der Waals surface area contributed by atoms with E-state index < -0.39 is 158 Å². The summed E-state index contributed by atoms with van der Waals surface area (Å²) in [5.41, 5.74) is 5.66. The van der Waals surface area contributed by atoms with Gasteiger partial charge in [-0.05, 0) is 27.4 Å². The Morgan fingerprint density at radius 1 is 0.320 bits per heavy atom. The molecule has 13 aromatic carbocycles. The molecule has 0 spiro atoms. The van der Waals surface area contributed by atoms with E-state index in [0.29, 0.717) is 56.0 Å². The number of benzene rings is 13. The number of para-hydroxylation sites is 2. The van der Waals surface area contributed by atoms with E-state index in [4.69, 9.17) is 0 Å². The van der Waals surface area contributed by atoms with E-state index in [1.807, 2.05) is 178 Å². The minimum Gasteiger partial charge on any atom is -0.0622 e. The summed E-state index contributed by atoms with van der Waals surface area (Å²) in [6.45, 7) is 17.4. The summed E-state index contributed by atoms with van der Waals surface area (Å²) in [7, 11) is 0. The second-order valence-electron chi connectivity index (χ2n) is 32.6. The number of anilines is 6. The first-order chi connectivity index (χ1) is 57.7. The van der Waals surface area contributed by atoms with Gasteiger partial charge in [-0.15, -0.1) is 0 Å². The first-order valence-electron chi connectivity index (χ1n) is 45.4. The second kappa shape index (κ2) is 24.4. The molecule has 0 aliphatic carbocycles. The molecule has 0 saturated heterocycles. The molecule has 0 unspecified atom stereocenters. The van der Waals surface area contributed by atoms with Crippen LogP contribution in [-0.4, -0.2) is 42.4 Å². The number of fused-ring (bicyclic) bond motifs is 10. The van der Waals surface area contributed by atoms with Crippen LogP contribution < -0.4 is 35.0 Å². The van der Waals surface area contributed by atoms with Crippen LogP contribution >= 0.6 is 0 Å². The quantitative estimate of drug-likeness (QED) is 0.127. The molecule has 0 N–H and O–H groups in total. The van der Waals surface area contributed by atoms with Gasteiger partial charge in [0.2, 0.25) is 0 Å². The zero-order valence-electron chi connectivity index (χ0n) is 80.9. The fraction of sp³-hybridized carbons (Fsp3) is 0.188. The Hall–Kier alpha value is -9.79. The van der Waals surface area contributed by atoms with Gasteiger partial charge in [0.25, 0.3) is 0 Å². The van der Waals surface area contributed by atoms with E-state index in [9.17, 15) is 27.4 Å². The molecule has 506 valence electrons. The number of rotatable bonds is 10. The molecule has 0 bridgehead atoms. The fourth-order valence-corrected chi connectivity index (χ4v) is 18.8. The van der Waals surface area contributed by atoms with E-state index in [2.05, 4.69) is 86.6 Å². The van der Waals surface area contributed by atoms with Gasteiger partial charge in [-0.25, -0.2) is 0 Å². The fourth-order valence-electron chi connectivity index (χ4n) is 14.8. The molecule has 15 aromatic rings. The molecule has 0 radical (unpaired) electrons. The number of hydrogen-bond donors (Lipinski definition) is 0. The Morgan fingerprint density at radius 2 is 0.631 bits per heavy atom. The predicted molar refractivity (Wildman–Crippen MR) is 453 cm³/mol. The minimum atomic E-state index is -3.46. The van der Waals surface area contributed by atoms with Crippen molar-refractivity contribution in [1.82, 2.24) is 9.13 Å². The van der Waals surface area contributed by atoms with Crippen LogP contribution in [-0.2, 0) is 16.2 Å². The van der Waals surface area contributed by atoms with E-state index in [1.54, 1.807) is 0 Å². The van der Waals surface area contributed by atoms with Gasteiger partial charge in [0.15, 0.2) is 0 Å². The van der Waals surface area contributed by atoms with Crippen LogP contribution in [0.1, 0.15) is 106 Å². The van der Waals surface area contributed by atoms with Crippen molar-refractivity contribution in [3.63, 3.8) is 0 Å². The zero-order valence-corrected chi connectivity index (χ0v) is 65.1. The Bertz CT molecular complexity index is 6610. The predicted octanol–water partition coefficient (Wildman–Crippen LogP) is 23.6. The van der Waals surface area contributed by atoms with Crippen LogP contribution in [0.15, 0.2) is 279 Å². The van der Waals surface area contributed by atoms with Crippen molar-refractivity contribution in [2.24, 2.45) is 0 Å². The van der Waals surface area contributed by atoms with Crippen LogP contribution in [0, 0.1) is 0 Å². The molecule has 2 aliphatic rings. The van der Waals surface area contributed by atoms with Gasteiger partial charge in [0, 0.05) is 0 Å². The molecular weight excluding hydrogens is 1370 g/mol. The third-order valence-electron chi connectivity index (χ3n) is 20.4. The van der Waals surface area contributed by atoms with Crippen molar-refractivity contribution in [3.8, 4) is 55.9 Å². The third kappa shape index (κ3) is 11.3. The zero-order chi connectivity index (χ0) is 88.8. The number of nitrogens with zero attached hydrogens (tertiary/aromatic N) is 4. The van der Waals surface area contributed by atoms with Crippen LogP contribution in [0.3, 0.4) is 0 Å². The Kier molecular flexibility index (Phi) is 11.3. The van der Waals surface area contributed by atoms with Crippen molar-refractivity contribution >= 4 is 136 Å². The molecule has 2 aliphatic heterocycles. The molecule has 103 heavy (non-hydrogen) atoms. The molecular formula is C96H91BGe2N4. The van der Waals surface area contributed by atoms with Gasteiger partial charge < -0.3 is 0 Å². The first-order valence-corrected chi connectivity index (χ1v) is 50.1. The van der Waals surface area contributed by atoms with Crippen molar-refractivity contribution in [2.45, 2.75) is 113 Å². The Balaban J connectivity index is 1.18. The molecule has 4 heterocycles. The average molecular weight is 1480 g/mol. The summed E-state index contributed by atoms with van der Waals surface area (Å²) in [5.74, 6) is 11.8. The molecule has 7 heteroatoms. The topological polar surface area (TPSA) is 16.3 Å². The average Bonchev–Trinajstić information content (AvgIpc) is 1.60. The summed E-state index contributed by atoms with van der Waals surface area (Å²) in [6.07, 6.45) is 0. The van der Waals surface area contributed by atoms with Crippen molar-refractivity contribution in [3.05, 3.63) is 295 Å². The second-order valence-corrected chi connectivity index (χ2v) is 53.6. The summed E-state index contributed by atoms with van der Waals surface area (Å²) >= 11 is -6.92. The standard InChI is InChI=1S/C96H91BGe2N4/c1-94(2,3)66-52-75(62-32-20-16-21-33-62)92(76(53-66)63-34-22-17-23-35-63)102-87-60-71(100-83-42-30-28-40-73(83)79-58-69(98(10,11)12)44-50-85(79)100)46-48-81(87)97-82-49-47-72(101-84-43-31-29-41-74(84)80-59-70(99(13,14)15)45-51-86(80)101)61-88(82)103(90-57-68(96(7,8)9)56-89(102)91(90)97)93-77(64-36-24-18-25-37-64)54-67(95(4,5)6)55-78(93)65-38-26-19-27-39-65/h16-61H,1-15H3/i28D,29D,30D,31D,40D,41D,42D,43D,44D,45D,46D,47D,48D,49D,50D,51D,58D,59D,60D,61D. The van der Waals surface area contributed by atoms with Crippen LogP contribution in [0.25, 0.3) is 99.5 Å². The molecule has 2 aromatic heterocycles. The van der Waals surface area contributed by atoms with Gasteiger partial charge >= 0.3 is 436 Å². The molecule has 4 nitrogen and oxygen atoms in total. The monoisotopic (exact) mass is 1480 g/mol. The Labute approximate surface area is 643 Å². The summed E-state index contributed by atoms with van der Waals surface area (Å²) in [6, 6.07) is 40.9. The van der Waals surface area contributed by atoms with Gasteiger partial charge in [-0.1, -0.05) is 184 Å².